The van der Waals surface area contributed by atoms with Crippen LogP contribution in [0.3, 0.4) is 0 Å². The molecule has 0 radical (unpaired) electrons. The summed E-state index contributed by atoms with van der Waals surface area (Å²) in [6, 6.07) is 0. The van der Waals surface area contributed by atoms with E-state index in [0.717, 1.165) is 13.1 Å². The molecule has 96 valence electrons. The van der Waals surface area contributed by atoms with Crippen molar-refractivity contribution in [3.05, 3.63) is 0 Å². The van der Waals surface area contributed by atoms with Crippen LogP contribution in [0, 0.1) is 0 Å². The molecule has 1 heterocycles. The van der Waals surface area contributed by atoms with Crippen LogP contribution in [0.2, 0.25) is 0 Å². The number of hydrogen-bond acceptors (Lipinski definition) is 4. The molecule has 0 aromatic heterocycles. The maximum atomic E-state index is 11.7. The van der Waals surface area contributed by atoms with E-state index in [9.17, 15) is 13.2 Å². The van der Waals surface area contributed by atoms with Gasteiger partial charge in [-0.2, -0.15) is 13.2 Å². The number of nitrogens with one attached hydrogen (secondary N) is 1. The Bertz CT molecular complexity index is 235. The van der Waals surface area contributed by atoms with Gasteiger partial charge in [-0.15, -0.1) is 24.0 Å². The van der Waals surface area contributed by atoms with Gasteiger partial charge in [-0.05, 0) is 0 Å². The van der Waals surface area contributed by atoms with E-state index in [1.807, 2.05) is 11.9 Å². The highest BCUT2D eigenvalue weighted by atomic mass is 127. The number of ether oxygens (including phenoxy) is 1. The summed E-state index contributed by atoms with van der Waals surface area (Å²) in [4.78, 5) is 6.02. The lowest BCUT2D eigenvalue weighted by Crippen LogP contribution is -2.37. The number of likely N-dealkylation sites (N-methyl/N-ethyl adjacent to an activating group) is 1. The summed E-state index contributed by atoms with van der Waals surface area (Å²) in [5, 5.41) is 2.90. The Hall–Kier alpha value is -0.250. The molecular weight excluding hydrogens is 338 g/mol. The molecule has 0 unspecified atom stereocenters. The maximum absolute atomic E-state index is 11.7. The predicted molar refractivity (Wildman–Crippen MR) is 65.2 cm³/mol. The van der Waals surface area contributed by atoms with Gasteiger partial charge in [0, 0.05) is 20.1 Å². The van der Waals surface area contributed by atoms with E-state index in [2.05, 4.69) is 15.0 Å². The predicted octanol–water partition coefficient (Wildman–Crippen LogP) is 1.07. The molecule has 4 nitrogen and oxygen atoms in total. The molecule has 8 heteroatoms. The topological polar surface area (TPSA) is 36.9 Å². The highest BCUT2D eigenvalue weighted by Crippen LogP contribution is 2.13. The van der Waals surface area contributed by atoms with Crippen LogP contribution in [-0.4, -0.2) is 56.9 Å². The van der Waals surface area contributed by atoms with Gasteiger partial charge in [0.1, 0.15) is 6.61 Å². The zero-order valence-electron chi connectivity index (χ0n) is 8.88. The zero-order valence-corrected chi connectivity index (χ0v) is 11.2. The van der Waals surface area contributed by atoms with Crippen LogP contribution in [0.15, 0.2) is 4.99 Å². The van der Waals surface area contributed by atoms with Crippen LogP contribution in [-0.2, 0) is 4.74 Å². The summed E-state index contributed by atoms with van der Waals surface area (Å²) in [6.45, 7) is 0.719. The monoisotopic (exact) mass is 353 g/mol. The standard InChI is InChI=1S/C8H14F3N3O.HI/c1-14-4-2-12-7(14)13-3-5-15-6-8(9,10)11;/h2-6H2,1H3,(H,12,13);1H. The van der Waals surface area contributed by atoms with Gasteiger partial charge in [-0.3, -0.25) is 4.99 Å². The lowest BCUT2D eigenvalue weighted by atomic mass is 10.6. The van der Waals surface area contributed by atoms with Gasteiger partial charge in [0.2, 0.25) is 0 Å². The first-order valence-electron chi connectivity index (χ1n) is 4.63. The van der Waals surface area contributed by atoms with Crippen LogP contribution in [0.4, 0.5) is 13.2 Å². The van der Waals surface area contributed by atoms with Gasteiger partial charge in [0.15, 0.2) is 5.96 Å². The van der Waals surface area contributed by atoms with Crippen LogP contribution in [0.25, 0.3) is 0 Å². The lowest BCUT2D eigenvalue weighted by Gasteiger charge is -2.15. The lowest BCUT2D eigenvalue weighted by molar-refractivity contribution is -0.173. The Balaban J connectivity index is 0.00000225. The second-order valence-corrected chi connectivity index (χ2v) is 3.22. The Morgan fingerprint density at radius 2 is 2.19 bits per heavy atom. The summed E-state index contributed by atoms with van der Waals surface area (Å²) in [6.07, 6.45) is -4.25. The molecule has 0 amide bonds. The molecule has 1 aliphatic heterocycles. The Labute approximate surface area is 109 Å². The van der Waals surface area contributed by atoms with Crippen LogP contribution >= 0.6 is 24.0 Å². The summed E-state index contributed by atoms with van der Waals surface area (Å²) in [5.41, 5.74) is 0. The Morgan fingerprint density at radius 3 is 2.69 bits per heavy atom. The van der Waals surface area contributed by atoms with E-state index in [1.165, 1.54) is 0 Å². The van der Waals surface area contributed by atoms with Crippen molar-refractivity contribution >= 4 is 29.9 Å². The number of rotatable bonds is 4. The highest BCUT2D eigenvalue weighted by molar-refractivity contribution is 14.0. The SMILES string of the molecule is CN1CCN=C1NCCOCC(F)(F)F.I. The van der Waals surface area contributed by atoms with Crippen molar-refractivity contribution in [3.63, 3.8) is 0 Å². The molecule has 0 saturated heterocycles. The molecule has 0 spiro atoms. The summed E-state index contributed by atoms with van der Waals surface area (Å²) >= 11 is 0. The Morgan fingerprint density at radius 1 is 1.50 bits per heavy atom. The minimum absolute atomic E-state index is 0. The van der Waals surface area contributed by atoms with E-state index in [1.54, 1.807) is 0 Å². The van der Waals surface area contributed by atoms with E-state index in [-0.39, 0.29) is 30.6 Å². The van der Waals surface area contributed by atoms with Gasteiger partial charge in [-0.1, -0.05) is 0 Å². The molecule has 1 rings (SSSR count). The van der Waals surface area contributed by atoms with Gasteiger partial charge in [0.25, 0.3) is 0 Å². The molecule has 0 atom stereocenters. The van der Waals surface area contributed by atoms with Crippen molar-refractivity contribution in [2.45, 2.75) is 6.18 Å². The molecule has 16 heavy (non-hydrogen) atoms. The minimum atomic E-state index is -4.25. The number of nitrogens with zero attached hydrogens (tertiary/aromatic N) is 2. The van der Waals surface area contributed by atoms with Crippen molar-refractivity contribution in [2.75, 3.05) is 39.9 Å². The van der Waals surface area contributed by atoms with E-state index >= 15 is 0 Å². The molecule has 1 aliphatic rings. The Kier molecular flexibility index (Phi) is 7.04. The van der Waals surface area contributed by atoms with Crippen molar-refractivity contribution in [1.82, 2.24) is 10.2 Å². The van der Waals surface area contributed by atoms with E-state index in [0.29, 0.717) is 12.5 Å². The largest absolute Gasteiger partial charge is 0.411 e. The van der Waals surface area contributed by atoms with E-state index in [4.69, 9.17) is 0 Å². The fourth-order valence-corrected chi connectivity index (χ4v) is 1.15. The molecule has 0 aliphatic carbocycles. The van der Waals surface area contributed by atoms with Gasteiger partial charge in [-0.25, -0.2) is 0 Å². The fraction of sp³-hybridized carbons (Fsp3) is 0.875. The first-order valence-corrected chi connectivity index (χ1v) is 4.63. The normalized spacial score (nSPS) is 15.8. The fourth-order valence-electron chi connectivity index (χ4n) is 1.15. The number of alkyl halides is 3. The van der Waals surface area contributed by atoms with Gasteiger partial charge in [0.05, 0.1) is 13.2 Å². The van der Waals surface area contributed by atoms with Crippen molar-refractivity contribution in [1.29, 1.82) is 0 Å². The van der Waals surface area contributed by atoms with Crippen LogP contribution in [0.5, 0.6) is 0 Å². The average molecular weight is 353 g/mol. The molecule has 0 fully saturated rings. The molecule has 1 N–H and O–H groups in total. The minimum Gasteiger partial charge on any atom is -0.370 e. The van der Waals surface area contributed by atoms with Gasteiger partial charge >= 0.3 is 6.18 Å². The first kappa shape index (κ1) is 15.8. The van der Waals surface area contributed by atoms with Crippen molar-refractivity contribution in [2.24, 2.45) is 4.99 Å². The summed E-state index contributed by atoms with van der Waals surface area (Å²) in [5.74, 6) is 0.714. The first-order chi connectivity index (χ1) is 6.99. The third-order valence-electron chi connectivity index (χ3n) is 1.85. The number of guanidine groups is 1. The quantitative estimate of drug-likeness (QED) is 0.607. The number of aliphatic imine (C=N–C) groups is 1. The van der Waals surface area contributed by atoms with Crippen molar-refractivity contribution < 1.29 is 17.9 Å². The molecule has 0 saturated carbocycles. The molecule has 0 aromatic rings. The van der Waals surface area contributed by atoms with Gasteiger partial charge < -0.3 is 15.0 Å². The second-order valence-electron chi connectivity index (χ2n) is 3.22. The van der Waals surface area contributed by atoms with E-state index < -0.39 is 12.8 Å². The second kappa shape index (κ2) is 7.15. The maximum Gasteiger partial charge on any atom is 0.411 e. The molecule has 0 bridgehead atoms. The smallest absolute Gasteiger partial charge is 0.370 e. The number of hydrogen-bond donors (Lipinski definition) is 1. The number of halogens is 4. The third kappa shape index (κ3) is 6.36. The average Bonchev–Trinajstić information content (AvgIpc) is 2.49. The van der Waals surface area contributed by atoms with Crippen LogP contribution in [0.1, 0.15) is 0 Å². The summed E-state index contributed by atoms with van der Waals surface area (Å²) in [7, 11) is 1.87. The van der Waals surface area contributed by atoms with Crippen molar-refractivity contribution in [3.8, 4) is 0 Å². The molecule has 0 aromatic carbocycles. The van der Waals surface area contributed by atoms with Crippen LogP contribution < -0.4 is 5.32 Å². The molecular formula is C8H15F3IN3O. The zero-order chi connectivity index (χ0) is 11.3. The third-order valence-corrected chi connectivity index (χ3v) is 1.85. The highest BCUT2D eigenvalue weighted by Gasteiger charge is 2.27. The summed E-state index contributed by atoms with van der Waals surface area (Å²) < 4.78 is 39.4.